The molecule has 17 valence electrons. The summed E-state index contributed by atoms with van der Waals surface area (Å²) in [6.45, 7) is 0. The van der Waals surface area contributed by atoms with E-state index in [0.29, 0.717) is 0 Å². The molecule has 0 nitrogen and oxygen atoms in total. The van der Waals surface area contributed by atoms with E-state index >= 15 is 0 Å². The monoisotopic (exact) mass is 135 g/mol. The summed E-state index contributed by atoms with van der Waals surface area (Å²) in [5.74, 6) is 0. The fraction of sp³-hybridized carbons (Fsp3) is 0. The maximum Gasteiger partial charge on any atom is 0.316 e. The van der Waals surface area contributed by atoms with Crippen LogP contribution >= 0.6 is 0 Å². The molecule has 0 fully saturated rings. The van der Waals surface area contributed by atoms with E-state index in [2.05, 4.69) is 0 Å². The van der Waals surface area contributed by atoms with E-state index in [1.165, 1.54) is 0 Å². The molecule has 4 heavy (non-hydrogen) atoms. The zero-order chi connectivity index (χ0) is 0. The van der Waals surface area contributed by atoms with Crippen LogP contribution in [0.3, 0.4) is 0 Å². The van der Waals surface area contributed by atoms with Crippen LogP contribution in [0.2, 0.25) is 0 Å². The molecule has 0 aliphatic carbocycles. The second kappa shape index (κ2) is 18.3. The quantitative estimate of drug-likeness (QED) is 0.348. The molecule has 0 aliphatic heterocycles. The largest absolute Gasteiger partial charge is 0.316 e. The topological polar surface area (TPSA) is 0 Å². The van der Waals surface area contributed by atoms with Crippen molar-refractivity contribution < 1.29 is 17.1 Å². The first-order chi connectivity index (χ1) is 0. The van der Waals surface area contributed by atoms with Gasteiger partial charge < -0.3 is 0 Å². The van der Waals surface area contributed by atoms with E-state index in [9.17, 15) is 0 Å². The standard InChI is InChI=1S/2Al.Mg.Mn.2H. The van der Waals surface area contributed by atoms with E-state index < -0.39 is 0 Å². The van der Waals surface area contributed by atoms with Crippen molar-refractivity contribution in [3.05, 3.63) is 0 Å². The third-order valence-corrected chi connectivity index (χ3v) is 0. The Hall–Kier alpha value is 2.35. The van der Waals surface area contributed by atoms with Gasteiger partial charge in [-0.3, -0.25) is 0 Å². The van der Waals surface area contributed by atoms with Crippen LogP contribution in [0.4, 0.5) is 0 Å². The summed E-state index contributed by atoms with van der Waals surface area (Å²) >= 11 is 0. The summed E-state index contributed by atoms with van der Waals surface area (Å²) in [6.07, 6.45) is 0. The molecule has 0 aromatic rings. The second-order valence-corrected chi connectivity index (χ2v) is 0. The third kappa shape index (κ3) is 8.84. The van der Waals surface area contributed by atoms with Crippen molar-refractivity contribution in [2.45, 2.75) is 0 Å². The molecule has 0 rings (SSSR count). The van der Waals surface area contributed by atoms with Crippen LogP contribution < -0.4 is 0 Å². The van der Waals surface area contributed by atoms with Gasteiger partial charge in [-0.25, -0.2) is 0 Å². The van der Waals surface area contributed by atoms with Crippen LogP contribution in [0.5, 0.6) is 0 Å². The second-order valence-electron chi connectivity index (χ2n) is 0. The van der Waals surface area contributed by atoms with Gasteiger partial charge in [0.15, 0.2) is 0 Å². The van der Waals surface area contributed by atoms with E-state index in [1.807, 2.05) is 0 Å². The predicted octanol–water partition coefficient (Wildman–Crippen LogP) is -1.68. The first-order valence-corrected chi connectivity index (χ1v) is 0. The van der Waals surface area contributed by atoms with Crippen molar-refractivity contribution in [3.8, 4) is 0 Å². The molecule has 0 bridgehead atoms. The SMILES string of the molecule is [Al].[Al].[MgH2].[Mn]. The molecule has 0 spiro atoms. The fourth-order valence-electron chi connectivity index (χ4n) is 0. The predicted molar refractivity (Wildman–Crippen MR) is 20.1 cm³/mol. The Balaban J connectivity index is 0. The molecule has 0 amide bonds. The average molecular weight is 135 g/mol. The van der Waals surface area contributed by atoms with Gasteiger partial charge in [-0.1, -0.05) is 0 Å². The van der Waals surface area contributed by atoms with E-state index in [1.54, 1.807) is 0 Å². The molecular weight excluding hydrogens is 133 g/mol. The molecule has 4 heteroatoms. The molecule has 0 saturated heterocycles. The minimum atomic E-state index is 0. The number of hydrogen-bond donors (Lipinski definition) is 0. The van der Waals surface area contributed by atoms with Gasteiger partial charge in [-0.15, -0.1) is 0 Å². The first-order valence-electron chi connectivity index (χ1n) is 0. The Morgan fingerprint density at radius 3 is 0.750 bits per heavy atom. The van der Waals surface area contributed by atoms with Crippen LogP contribution in [0.1, 0.15) is 0 Å². The van der Waals surface area contributed by atoms with Crippen LogP contribution in [0, 0.1) is 0 Å². The Bertz CT molecular complexity index is 6.00. The minimum Gasteiger partial charge on any atom is 0 e. The molecule has 7 radical (unpaired) electrons. The van der Waals surface area contributed by atoms with Gasteiger partial charge in [0.1, 0.15) is 0 Å². The van der Waals surface area contributed by atoms with Crippen molar-refractivity contribution in [2.24, 2.45) is 0 Å². The molecule has 0 atom stereocenters. The van der Waals surface area contributed by atoms with Gasteiger partial charge in [0.05, 0.1) is 0 Å². The minimum absolute atomic E-state index is 0. The van der Waals surface area contributed by atoms with Crippen molar-refractivity contribution >= 4 is 57.8 Å². The van der Waals surface area contributed by atoms with Crippen molar-refractivity contribution in [1.82, 2.24) is 0 Å². The Morgan fingerprint density at radius 1 is 0.750 bits per heavy atom. The van der Waals surface area contributed by atoms with Crippen LogP contribution in [0.15, 0.2) is 0 Å². The Labute approximate surface area is 74.0 Å². The molecule has 0 heterocycles. The normalized spacial score (nSPS) is 0. The summed E-state index contributed by atoms with van der Waals surface area (Å²) in [4.78, 5) is 0. The van der Waals surface area contributed by atoms with Crippen molar-refractivity contribution in [1.29, 1.82) is 0 Å². The summed E-state index contributed by atoms with van der Waals surface area (Å²) in [5, 5.41) is 0. The zero-order valence-electron chi connectivity index (χ0n) is 1.53. The molecule has 0 aromatic heterocycles. The van der Waals surface area contributed by atoms with Gasteiger partial charge in [0.25, 0.3) is 0 Å². The zero-order valence-corrected chi connectivity index (χ0v) is 5.02. The third-order valence-electron chi connectivity index (χ3n) is 0. The Kier molecular flexibility index (Phi) is 151. The van der Waals surface area contributed by atoms with Crippen molar-refractivity contribution in [2.75, 3.05) is 0 Å². The maximum absolute atomic E-state index is 0. The molecule has 0 N–H and O–H groups in total. The van der Waals surface area contributed by atoms with E-state index in [4.69, 9.17) is 0 Å². The van der Waals surface area contributed by atoms with Gasteiger partial charge in [0, 0.05) is 51.8 Å². The van der Waals surface area contributed by atoms with E-state index in [-0.39, 0.29) is 74.8 Å². The molecule has 0 aliphatic rings. The van der Waals surface area contributed by atoms with Crippen LogP contribution in [-0.4, -0.2) is 57.8 Å². The molecule has 0 unspecified atom stereocenters. The summed E-state index contributed by atoms with van der Waals surface area (Å²) in [7, 11) is 0. The van der Waals surface area contributed by atoms with Crippen molar-refractivity contribution in [3.63, 3.8) is 0 Å². The summed E-state index contributed by atoms with van der Waals surface area (Å²) < 4.78 is 0. The van der Waals surface area contributed by atoms with Gasteiger partial charge in [-0.05, 0) is 0 Å². The van der Waals surface area contributed by atoms with Gasteiger partial charge in [-0.2, -0.15) is 0 Å². The van der Waals surface area contributed by atoms with Gasteiger partial charge in [0.2, 0.25) is 0 Å². The van der Waals surface area contributed by atoms with Crippen LogP contribution in [-0.2, 0) is 17.1 Å². The number of rotatable bonds is 0. The molecule has 0 saturated carbocycles. The maximum atomic E-state index is 0. The summed E-state index contributed by atoms with van der Waals surface area (Å²) in [6, 6.07) is 0. The fourth-order valence-corrected chi connectivity index (χ4v) is 0. The molecular formula is H2Al2MgMn. The number of hydrogen-bond acceptors (Lipinski definition) is 0. The molecule has 0 aromatic carbocycles. The van der Waals surface area contributed by atoms with Gasteiger partial charge >= 0.3 is 23.1 Å². The smallest absolute Gasteiger partial charge is 0 e. The Morgan fingerprint density at radius 2 is 0.750 bits per heavy atom. The average Bonchev–Trinajstić information content (AvgIpc) is 0. The first kappa shape index (κ1) is 32.9. The van der Waals surface area contributed by atoms with Crippen LogP contribution in [0.25, 0.3) is 0 Å². The van der Waals surface area contributed by atoms with E-state index in [0.717, 1.165) is 0 Å². The summed E-state index contributed by atoms with van der Waals surface area (Å²) in [5.41, 5.74) is 0.